The van der Waals surface area contributed by atoms with Gasteiger partial charge in [-0.1, -0.05) is 23.2 Å². The highest BCUT2D eigenvalue weighted by atomic mass is 35.5. The van der Waals surface area contributed by atoms with Crippen molar-refractivity contribution in [3.63, 3.8) is 0 Å². The average molecular weight is 279 g/mol. The Balaban J connectivity index is 0. The summed E-state index contributed by atoms with van der Waals surface area (Å²) in [6.07, 6.45) is -9.24. The van der Waals surface area contributed by atoms with Gasteiger partial charge in [0.1, 0.15) is 0 Å². The molecule has 0 rings (SSSR count). The molecule has 15 heavy (non-hydrogen) atoms. The third-order valence-electron chi connectivity index (χ3n) is 0.619. The lowest BCUT2D eigenvalue weighted by molar-refractivity contribution is -0.108. The van der Waals surface area contributed by atoms with Gasteiger partial charge in [0.25, 0.3) is 0 Å². The minimum atomic E-state index is -4.93. The lowest BCUT2D eigenvalue weighted by Gasteiger charge is -1.98. The van der Waals surface area contributed by atoms with Crippen LogP contribution in [0.3, 0.4) is 0 Å². The minimum absolute atomic E-state index is 0.0471. The molecule has 0 saturated heterocycles. The Hall–Kier alpha value is -0.430. The Morgan fingerprint density at radius 1 is 0.933 bits per heavy atom. The van der Waals surface area contributed by atoms with Crippen molar-refractivity contribution in [3.05, 3.63) is 23.0 Å². The summed E-state index contributed by atoms with van der Waals surface area (Å²) in [4.78, 5) is 0. The summed E-state index contributed by atoms with van der Waals surface area (Å²) in [6, 6.07) is 0. The summed E-state index contributed by atoms with van der Waals surface area (Å²) < 4.78 is 76.7. The number of halogens is 9. The van der Waals surface area contributed by atoms with Crippen LogP contribution < -0.4 is 0 Å². The molecular weight excluding hydrogens is 276 g/mol. The Morgan fingerprint density at radius 2 is 1.33 bits per heavy atom. The van der Waals surface area contributed by atoms with Crippen molar-refractivity contribution < 1.29 is 30.7 Å². The normalized spacial score (nSPS) is 13.8. The molecule has 0 aromatic rings. The van der Waals surface area contributed by atoms with Crippen LogP contribution in [0.25, 0.3) is 0 Å². The van der Waals surface area contributed by atoms with Crippen LogP contribution in [0.4, 0.5) is 30.7 Å². The van der Waals surface area contributed by atoms with Gasteiger partial charge in [0, 0.05) is 17.1 Å². The molecule has 0 bridgehead atoms. The number of alkyl halides is 6. The fraction of sp³-hybridized carbons (Fsp3) is 0.333. The topological polar surface area (TPSA) is 0 Å². The molecule has 0 aliphatic heterocycles. The Bertz CT molecular complexity index is 225. The largest absolute Gasteiger partial charge is 0.443 e. The molecule has 90 valence electrons. The van der Waals surface area contributed by atoms with E-state index in [1.165, 1.54) is 0 Å². The molecule has 0 aromatic carbocycles. The van der Waals surface area contributed by atoms with Crippen molar-refractivity contribution in [2.24, 2.45) is 0 Å². The summed E-state index contributed by atoms with van der Waals surface area (Å²) in [5.41, 5.74) is 0.278. The SMILES string of the molecule is F/C(=C/Cl)C(F)(F)F.FC(F)(F)/C=C/Cl. The fourth-order valence-electron chi connectivity index (χ4n) is 0.133. The maximum Gasteiger partial charge on any atom is 0.443 e. The van der Waals surface area contributed by atoms with Crippen LogP contribution in [0.2, 0.25) is 0 Å². The maximum absolute atomic E-state index is 11.2. The monoisotopic (exact) mass is 278 g/mol. The molecule has 0 aliphatic rings. The summed E-state index contributed by atoms with van der Waals surface area (Å²) in [5, 5.41) is 0. The molecule has 0 unspecified atom stereocenters. The summed E-state index contributed by atoms with van der Waals surface area (Å²) in [5.74, 6) is -2.28. The second-order valence-corrected chi connectivity index (χ2v) is 2.26. The molecule has 0 spiro atoms. The first-order valence-corrected chi connectivity index (χ1v) is 3.79. The highest BCUT2D eigenvalue weighted by molar-refractivity contribution is 6.25. The Kier molecular flexibility index (Phi) is 7.86. The molecule has 0 atom stereocenters. The first-order valence-electron chi connectivity index (χ1n) is 2.92. The van der Waals surface area contributed by atoms with E-state index in [1.54, 1.807) is 0 Å². The van der Waals surface area contributed by atoms with E-state index in [2.05, 4.69) is 23.2 Å². The van der Waals surface area contributed by atoms with Gasteiger partial charge in [-0.3, -0.25) is 0 Å². The Labute approximate surface area is 90.0 Å². The zero-order valence-electron chi connectivity index (χ0n) is 6.63. The van der Waals surface area contributed by atoms with E-state index in [9.17, 15) is 30.7 Å². The van der Waals surface area contributed by atoms with Gasteiger partial charge in [-0.25, -0.2) is 4.39 Å². The Morgan fingerprint density at radius 3 is 1.33 bits per heavy atom. The minimum Gasteiger partial charge on any atom is -0.201 e. The molecule has 0 amide bonds. The van der Waals surface area contributed by atoms with Gasteiger partial charge in [0.05, 0.1) is 0 Å². The van der Waals surface area contributed by atoms with E-state index in [-0.39, 0.29) is 11.6 Å². The lowest BCUT2D eigenvalue weighted by Crippen LogP contribution is -2.06. The van der Waals surface area contributed by atoms with E-state index in [4.69, 9.17) is 0 Å². The van der Waals surface area contributed by atoms with Gasteiger partial charge < -0.3 is 0 Å². The molecule has 0 heterocycles. The first kappa shape index (κ1) is 17.0. The van der Waals surface area contributed by atoms with Gasteiger partial charge in [-0.05, 0) is 0 Å². The van der Waals surface area contributed by atoms with E-state index in [0.29, 0.717) is 5.54 Å². The zero-order valence-corrected chi connectivity index (χ0v) is 8.15. The van der Waals surface area contributed by atoms with Crippen molar-refractivity contribution in [2.45, 2.75) is 12.4 Å². The number of hydrogen-bond donors (Lipinski definition) is 0. The number of rotatable bonds is 0. The van der Waals surface area contributed by atoms with Crippen molar-refractivity contribution in [1.29, 1.82) is 0 Å². The highest BCUT2D eigenvalue weighted by Gasteiger charge is 2.34. The van der Waals surface area contributed by atoms with Gasteiger partial charge >= 0.3 is 12.4 Å². The second kappa shape index (κ2) is 6.95. The molecule has 0 N–H and O–H groups in total. The third-order valence-corrected chi connectivity index (χ3v) is 0.936. The fourth-order valence-corrected chi connectivity index (χ4v) is 0.400. The molecule has 0 saturated carbocycles. The molecule has 0 fully saturated rings. The van der Waals surface area contributed by atoms with E-state index in [0.717, 1.165) is 0 Å². The van der Waals surface area contributed by atoms with Gasteiger partial charge in [-0.15, -0.1) is 0 Å². The maximum atomic E-state index is 11.2. The van der Waals surface area contributed by atoms with Crippen LogP contribution in [0.5, 0.6) is 0 Å². The quantitative estimate of drug-likeness (QED) is 0.553. The lowest BCUT2D eigenvalue weighted by atomic mass is 10.6. The molecule has 0 radical (unpaired) electrons. The molecule has 0 aromatic heterocycles. The van der Waals surface area contributed by atoms with Crippen LogP contribution in [0.1, 0.15) is 0 Å². The van der Waals surface area contributed by atoms with E-state index in [1.807, 2.05) is 0 Å². The average Bonchev–Trinajstić information content (AvgIpc) is 2.00. The third kappa shape index (κ3) is 13.6. The van der Waals surface area contributed by atoms with E-state index >= 15 is 0 Å². The zero-order chi connectivity index (χ0) is 12.7. The van der Waals surface area contributed by atoms with Crippen molar-refractivity contribution in [1.82, 2.24) is 0 Å². The van der Waals surface area contributed by atoms with Crippen LogP contribution in [-0.4, -0.2) is 12.4 Å². The second-order valence-electron chi connectivity index (χ2n) is 1.79. The number of allylic oxidation sites excluding steroid dienone is 2. The first-order chi connectivity index (χ1) is 6.54. The molecule has 9 heteroatoms. The summed E-state index contributed by atoms with van der Waals surface area (Å²) in [6.45, 7) is 0. The van der Waals surface area contributed by atoms with Gasteiger partial charge in [0.2, 0.25) is 5.83 Å². The van der Waals surface area contributed by atoms with Crippen molar-refractivity contribution in [3.8, 4) is 0 Å². The highest BCUT2D eigenvalue weighted by Crippen LogP contribution is 2.26. The number of hydrogen-bond acceptors (Lipinski definition) is 0. The van der Waals surface area contributed by atoms with E-state index < -0.39 is 18.2 Å². The molecular formula is C6H3Cl2F7. The van der Waals surface area contributed by atoms with Crippen LogP contribution in [0, 0.1) is 0 Å². The van der Waals surface area contributed by atoms with Crippen molar-refractivity contribution in [2.75, 3.05) is 0 Å². The summed E-state index contributed by atoms with van der Waals surface area (Å²) >= 11 is 8.97. The standard InChI is InChI=1S/C3HClF4.C3H2ClF3/c4-1-2(5)3(6,7)8;4-2-1-3(5,6)7/h1H;1-2H/b2*2-1+. The molecule has 0 nitrogen and oxygen atoms in total. The van der Waals surface area contributed by atoms with Gasteiger partial charge in [-0.2, -0.15) is 26.3 Å². The smallest absolute Gasteiger partial charge is 0.201 e. The predicted molar refractivity (Wildman–Crippen MR) is 42.1 cm³/mol. The van der Waals surface area contributed by atoms with Crippen LogP contribution in [0.15, 0.2) is 23.0 Å². The van der Waals surface area contributed by atoms with Gasteiger partial charge in [0.15, 0.2) is 0 Å². The van der Waals surface area contributed by atoms with Crippen molar-refractivity contribution >= 4 is 23.2 Å². The predicted octanol–water partition coefficient (Wildman–Crippen LogP) is 4.90. The summed E-state index contributed by atoms with van der Waals surface area (Å²) in [7, 11) is 0. The molecule has 0 aliphatic carbocycles. The van der Waals surface area contributed by atoms with Crippen LogP contribution >= 0.6 is 23.2 Å². The van der Waals surface area contributed by atoms with Crippen LogP contribution in [-0.2, 0) is 0 Å².